The predicted octanol–water partition coefficient (Wildman–Crippen LogP) is 2.13. The lowest BCUT2D eigenvalue weighted by Gasteiger charge is -2.19. The number of methoxy groups -OCH3 is 1. The largest absolute Gasteiger partial charge is 0.411 e. The Kier molecular flexibility index (Phi) is 3.55. The van der Waals surface area contributed by atoms with Crippen molar-refractivity contribution in [1.82, 2.24) is 0 Å². The molecule has 0 aromatic rings. The van der Waals surface area contributed by atoms with E-state index in [1.807, 2.05) is 0 Å². The number of ether oxygens (including phenoxy) is 2. The number of hydrogen-bond donors (Lipinski definition) is 0. The highest BCUT2D eigenvalue weighted by Gasteiger charge is 2.34. The topological polar surface area (TPSA) is 18.5 Å². The van der Waals surface area contributed by atoms with E-state index >= 15 is 0 Å². The van der Waals surface area contributed by atoms with E-state index in [1.54, 1.807) is 0 Å². The Morgan fingerprint density at radius 2 is 1.85 bits per heavy atom. The molecule has 0 aliphatic heterocycles. The lowest BCUT2D eigenvalue weighted by Crippen LogP contribution is -2.29. The third kappa shape index (κ3) is 3.52. The fourth-order valence-electron chi connectivity index (χ4n) is 1.55. The molecule has 2 atom stereocenters. The molecule has 0 N–H and O–H groups in total. The Hall–Kier alpha value is -0.290. The Labute approximate surface area is 75.0 Å². The summed E-state index contributed by atoms with van der Waals surface area (Å²) < 4.78 is 45.0. The molecule has 13 heavy (non-hydrogen) atoms. The summed E-state index contributed by atoms with van der Waals surface area (Å²) in [6, 6.07) is 0. The van der Waals surface area contributed by atoms with Crippen molar-refractivity contribution in [2.75, 3.05) is 13.7 Å². The van der Waals surface area contributed by atoms with Crippen LogP contribution in [-0.2, 0) is 9.47 Å². The zero-order valence-electron chi connectivity index (χ0n) is 7.43. The molecule has 1 fully saturated rings. The fourth-order valence-corrected chi connectivity index (χ4v) is 1.55. The number of alkyl halides is 3. The van der Waals surface area contributed by atoms with Gasteiger partial charge in [0.05, 0.1) is 12.2 Å². The van der Waals surface area contributed by atoms with E-state index in [1.165, 1.54) is 7.11 Å². The van der Waals surface area contributed by atoms with Gasteiger partial charge in [-0.2, -0.15) is 13.2 Å². The maximum Gasteiger partial charge on any atom is 0.411 e. The van der Waals surface area contributed by atoms with Crippen molar-refractivity contribution < 1.29 is 22.6 Å². The highest BCUT2D eigenvalue weighted by atomic mass is 19.4. The van der Waals surface area contributed by atoms with Gasteiger partial charge in [0.2, 0.25) is 0 Å². The smallest absolute Gasteiger partial charge is 0.379 e. The van der Waals surface area contributed by atoms with Gasteiger partial charge in [-0.3, -0.25) is 0 Å². The summed E-state index contributed by atoms with van der Waals surface area (Å²) in [4.78, 5) is 0. The van der Waals surface area contributed by atoms with Crippen molar-refractivity contribution in [2.45, 2.75) is 37.6 Å². The van der Waals surface area contributed by atoms with Gasteiger partial charge in [-0.05, 0) is 19.3 Å². The SMILES string of the molecule is COC1CCCC1OCC(F)(F)F. The Balaban J connectivity index is 2.28. The van der Waals surface area contributed by atoms with Crippen LogP contribution in [0.4, 0.5) is 13.2 Å². The van der Waals surface area contributed by atoms with Crippen LogP contribution in [0.3, 0.4) is 0 Å². The highest BCUT2D eigenvalue weighted by Crippen LogP contribution is 2.26. The van der Waals surface area contributed by atoms with Crippen molar-refractivity contribution in [3.05, 3.63) is 0 Å². The van der Waals surface area contributed by atoms with E-state index in [9.17, 15) is 13.2 Å². The summed E-state index contributed by atoms with van der Waals surface area (Å²) in [7, 11) is 1.50. The first-order valence-corrected chi connectivity index (χ1v) is 4.24. The minimum Gasteiger partial charge on any atom is -0.379 e. The van der Waals surface area contributed by atoms with E-state index in [-0.39, 0.29) is 12.2 Å². The van der Waals surface area contributed by atoms with Gasteiger partial charge < -0.3 is 9.47 Å². The molecule has 0 saturated heterocycles. The molecule has 1 aliphatic carbocycles. The van der Waals surface area contributed by atoms with Crippen molar-refractivity contribution in [3.8, 4) is 0 Å². The van der Waals surface area contributed by atoms with Crippen molar-refractivity contribution in [3.63, 3.8) is 0 Å². The first kappa shape index (κ1) is 10.8. The van der Waals surface area contributed by atoms with Crippen LogP contribution in [0.15, 0.2) is 0 Å². The lowest BCUT2D eigenvalue weighted by atomic mass is 10.2. The summed E-state index contributed by atoms with van der Waals surface area (Å²) in [5, 5.41) is 0. The lowest BCUT2D eigenvalue weighted by molar-refractivity contribution is -0.193. The molecule has 2 unspecified atom stereocenters. The monoisotopic (exact) mass is 198 g/mol. The van der Waals surface area contributed by atoms with Gasteiger partial charge in [-0.15, -0.1) is 0 Å². The molecule has 0 amide bonds. The molecule has 0 radical (unpaired) electrons. The number of rotatable bonds is 3. The first-order valence-electron chi connectivity index (χ1n) is 4.24. The van der Waals surface area contributed by atoms with Crippen LogP contribution < -0.4 is 0 Å². The van der Waals surface area contributed by atoms with E-state index in [2.05, 4.69) is 0 Å². The molecular weight excluding hydrogens is 185 g/mol. The summed E-state index contributed by atoms with van der Waals surface area (Å²) >= 11 is 0. The molecular formula is C8H13F3O2. The van der Waals surface area contributed by atoms with Crippen LogP contribution in [0.2, 0.25) is 0 Å². The molecule has 0 bridgehead atoms. The predicted molar refractivity (Wildman–Crippen MR) is 40.4 cm³/mol. The highest BCUT2D eigenvalue weighted by molar-refractivity contribution is 4.78. The van der Waals surface area contributed by atoms with Gasteiger partial charge >= 0.3 is 6.18 Å². The molecule has 1 saturated carbocycles. The molecule has 1 aliphatic rings. The first-order chi connectivity index (χ1) is 6.03. The van der Waals surface area contributed by atoms with Gasteiger partial charge in [-0.1, -0.05) is 0 Å². The Morgan fingerprint density at radius 1 is 1.23 bits per heavy atom. The van der Waals surface area contributed by atoms with Crippen molar-refractivity contribution in [1.29, 1.82) is 0 Å². The second-order valence-electron chi connectivity index (χ2n) is 3.17. The molecule has 0 heterocycles. The van der Waals surface area contributed by atoms with E-state index in [0.717, 1.165) is 12.8 Å². The average molecular weight is 198 g/mol. The zero-order valence-corrected chi connectivity index (χ0v) is 7.43. The van der Waals surface area contributed by atoms with Crippen LogP contribution >= 0.6 is 0 Å². The molecule has 0 aromatic heterocycles. The summed E-state index contributed by atoms with van der Waals surface area (Å²) in [6.07, 6.45) is -2.45. The van der Waals surface area contributed by atoms with E-state index in [0.29, 0.717) is 6.42 Å². The molecule has 2 nitrogen and oxygen atoms in total. The Bertz CT molecular complexity index is 158. The van der Waals surface area contributed by atoms with E-state index in [4.69, 9.17) is 9.47 Å². The summed E-state index contributed by atoms with van der Waals surface area (Å²) in [6.45, 7) is -1.17. The summed E-state index contributed by atoms with van der Waals surface area (Å²) in [5.41, 5.74) is 0. The number of hydrogen-bond acceptors (Lipinski definition) is 2. The molecule has 78 valence electrons. The van der Waals surface area contributed by atoms with Crippen molar-refractivity contribution in [2.24, 2.45) is 0 Å². The van der Waals surface area contributed by atoms with Crippen LogP contribution in [0.5, 0.6) is 0 Å². The van der Waals surface area contributed by atoms with Crippen LogP contribution in [-0.4, -0.2) is 32.1 Å². The van der Waals surface area contributed by atoms with Gasteiger partial charge in [0, 0.05) is 7.11 Å². The van der Waals surface area contributed by atoms with Gasteiger partial charge in [0.1, 0.15) is 6.61 Å². The number of halogens is 3. The summed E-state index contributed by atoms with van der Waals surface area (Å²) in [5.74, 6) is 0. The molecule has 0 aromatic carbocycles. The quantitative estimate of drug-likeness (QED) is 0.691. The van der Waals surface area contributed by atoms with Crippen LogP contribution in [0.1, 0.15) is 19.3 Å². The maximum atomic E-state index is 11.8. The van der Waals surface area contributed by atoms with Crippen LogP contribution in [0.25, 0.3) is 0 Å². The third-order valence-electron chi connectivity index (χ3n) is 2.16. The molecule has 1 rings (SSSR count). The van der Waals surface area contributed by atoms with Crippen LogP contribution in [0, 0.1) is 0 Å². The maximum absolute atomic E-state index is 11.8. The molecule has 5 heteroatoms. The van der Waals surface area contributed by atoms with Gasteiger partial charge in [0.25, 0.3) is 0 Å². The third-order valence-corrected chi connectivity index (χ3v) is 2.16. The average Bonchev–Trinajstić information content (AvgIpc) is 2.46. The fraction of sp³-hybridized carbons (Fsp3) is 1.00. The van der Waals surface area contributed by atoms with Gasteiger partial charge in [0.15, 0.2) is 0 Å². The van der Waals surface area contributed by atoms with E-state index < -0.39 is 12.8 Å². The Morgan fingerprint density at radius 3 is 2.38 bits per heavy atom. The minimum atomic E-state index is -4.24. The standard InChI is InChI=1S/C8H13F3O2/c1-12-6-3-2-4-7(6)13-5-8(9,10)11/h6-7H,2-5H2,1H3. The van der Waals surface area contributed by atoms with Crippen molar-refractivity contribution >= 4 is 0 Å². The van der Waals surface area contributed by atoms with Gasteiger partial charge in [-0.25, -0.2) is 0 Å². The minimum absolute atomic E-state index is 0.164. The second-order valence-corrected chi connectivity index (χ2v) is 3.17. The zero-order chi connectivity index (χ0) is 9.90. The second kappa shape index (κ2) is 4.28. The molecule has 0 spiro atoms. The normalized spacial score (nSPS) is 29.5.